The van der Waals surface area contributed by atoms with E-state index in [9.17, 15) is 14.4 Å². The van der Waals surface area contributed by atoms with Crippen LogP contribution in [0.3, 0.4) is 0 Å². The van der Waals surface area contributed by atoms with Crippen LogP contribution in [0.2, 0.25) is 0 Å². The molecule has 0 aliphatic carbocycles. The molecule has 32 heavy (non-hydrogen) atoms. The Kier molecular flexibility index (Phi) is 7.65. The van der Waals surface area contributed by atoms with E-state index < -0.39 is 17.5 Å². The predicted molar refractivity (Wildman–Crippen MR) is 121 cm³/mol. The largest absolute Gasteiger partial charge is 0.493 e. The molecule has 7 nitrogen and oxygen atoms in total. The van der Waals surface area contributed by atoms with E-state index in [1.165, 1.54) is 12.1 Å². The number of nitrogens with one attached hydrogen (secondary N) is 1. The Morgan fingerprint density at radius 3 is 2.66 bits per heavy atom. The molecule has 0 unspecified atom stereocenters. The molecule has 0 fully saturated rings. The first-order chi connectivity index (χ1) is 15.4. The first-order valence-electron chi connectivity index (χ1n) is 10.6. The number of benzene rings is 2. The van der Waals surface area contributed by atoms with Crippen molar-refractivity contribution in [1.29, 1.82) is 0 Å². The minimum absolute atomic E-state index is 0.0560. The van der Waals surface area contributed by atoms with E-state index in [0.717, 1.165) is 23.3 Å². The Hall–Kier alpha value is -3.61. The van der Waals surface area contributed by atoms with Crippen molar-refractivity contribution in [3.8, 4) is 11.5 Å². The molecule has 0 bridgehead atoms. The smallest absolute Gasteiger partial charge is 0.349 e. The van der Waals surface area contributed by atoms with Gasteiger partial charge in [-0.2, -0.15) is 0 Å². The quantitative estimate of drug-likeness (QED) is 0.232. The number of ether oxygens (including phenoxy) is 2. The summed E-state index contributed by atoms with van der Waals surface area (Å²) in [7, 11) is 0. The van der Waals surface area contributed by atoms with Crippen LogP contribution in [0.5, 0.6) is 11.5 Å². The van der Waals surface area contributed by atoms with Crippen LogP contribution >= 0.6 is 0 Å². The van der Waals surface area contributed by atoms with E-state index in [2.05, 4.69) is 5.32 Å². The average molecular weight is 437 g/mol. The molecule has 7 heteroatoms. The Balaban J connectivity index is 1.57. The maximum Gasteiger partial charge on any atom is 0.349 e. The molecule has 0 saturated heterocycles. The number of fused-ring (bicyclic) bond motifs is 1. The molecular formula is C25H27NO6. The molecule has 168 valence electrons. The molecule has 0 aliphatic rings. The molecule has 3 rings (SSSR count). The van der Waals surface area contributed by atoms with E-state index in [1.807, 2.05) is 39.0 Å². The van der Waals surface area contributed by atoms with Gasteiger partial charge >= 0.3 is 11.6 Å². The molecule has 0 spiro atoms. The highest BCUT2D eigenvalue weighted by Crippen LogP contribution is 2.22. The van der Waals surface area contributed by atoms with Crippen LogP contribution in [0, 0.1) is 13.8 Å². The lowest BCUT2D eigenvalue weighted by atomic mass is 10.1. The number of carbonyl (C=O) groups is 2. The highest BCUT2D eigenvalue weighted by atomic mass is 16.5. The number of carbonyl (C=O) groups excluding carboxylic acids is 2. The topological polar surface area (TPSA) is 94.8 Å². The minimum Gasteiger partial charge on any atom is -0.493 e. The SMILES string of the molecule is CCCNC(=O)c1cc2ccc(OC(=O)CCCOc3cc(C)ccc3C)cc2oc1=O. The van der Waals surface area contributed by atoms with E-state index in [1.54, 1.807) is 12.1 Å². The van der Waals surface area contributed by atoms with E-state index in [-0.39, 0.29) is 23.3 Å². The van der Waals surface area contributed by atoms with Gasteiger partial charge in [0.05, 0.1) is 6.61 Å². The number of aryl methyl sites for hydroxylation is 2. The molecule has 1 N–H and O–H groups in total. The van der Waals surface area contributed by atoms with Crippen LogP contribution in [-0.4, -0.2) is 25.0 Å². The van der Waals surface area contributed by atoms with E-state index in [0.29, 0.717) is 25.0 Å². The lowest BCUT2D eigenvalue weighted by Crippen LogP contribution is -2.28. The minimum atomic E-state index is -0.738. The summed E-state index contributed by atoms with van der Waals surface area (Å²) in [6, 6.07) is 12.2. The highest BCUT2D eigenvalue weighted by Gasteiger charge is 2.14. The average Bonchev–Trinajstić information content (AvgIpc) is 2.76. The molecule has 0 saturated carbocycles. The second-order valence-electron chi connectivity index (χ2n) is 7.60. The van der Waals surface area contributed by atoms with Crippen LogP contribution < -0.4 is 20.4 Å². The van der Waals surface area contributed by atoms with Gasteiger partial charge in [0.1, 0.15) is 22.6 Å². The van der Waals surface area contributed by atoms with Crippen LogP contribution in [0.15, 0.2) is 51.7 Å². The number of rotatable bonds is 9. The lowest BCUT2D eigenvalue weighted by Gasteiger charge is -2.10. The normalized spacial score (nSPS) is 10.7. The maximum absolute atomic E-state index is 12.2. The van der Waals surface area contributed by atoms with Crippen LogP contribution in [-0.2, 0) is 4.79 Å². The fourth-order valence-electron chi connectivity index (χ4n) is 3.09. The van der Waals surface area contributed by atoms with Gasteiger partial charge < -0.3 is 19.2 Å². The molecule has 0 radical (unpaired) electrons. The Bertz CT molecular complexity index is 1180. The van der Waals surface area contributed by atoms with Crippen molar-refractivity contribution in [2.24, 2.45) is 0 Å². The standard InChI is InChI=1S/C25H27NO6/c1-4-11-26-24(28)20-14-18-9-10-19(15-22(18)32-25(20)29)31-23(27)6-5-12-30-21-13-16(2)7-8-17(21)3/h7-10,13-15H,4-6,11-12H2,1-3H3,(H,26,28). The van der Waals surface area contributed by atoms with Crippen molar-refractivity contribution in [3.05, 3.63) is 69.6 Å². The van der Waals surface area contributed by atoms with Crippen molar-refractivity contribution >= 4 is 22.8 Å². The number of esters is 1. The Morgan fingerprint density at radius 1 is 1.06 bits per heavy atom. The molecule has 3 aromatic rings. The highest BCUT2D eigenvalue weighted by molar-refractivity contribution is 5.96. The lowest BCUT2D eigenvalue weighted by molar-refractivity contribution is -0.134. The summed E-state index contributed by atoms with van der Waals surface area (Å²) in [4.78, 5) is 36.4. The van der Waals surface area contributed by atoms with Gasteiger partial charge in [-0.1, -0.05) is 19.1 Å². The predicted octanol–water partition coefficient (Wildman–Crippen LogP) is 4.31. The van der Waals surface area contributed by atoms with Gasteiger partial charge in [0, 0.05) is 24.4 Å². The Morgan fingerprint density at radius 2 is 1.88 bits per heavy atom. The summed E-state index contributed by atoms with van der Waals surface area (Å²) >= 11 is 0. The molecule has 1 heterocycles. The molecule has 1 amide bonds. The zero-order chi connectivity index (χ0) is 23.1. The van der Waals surface area contributed by atoms with Crippen molar-refractivity contribution in [3.63, 3.8) is 0 Å². The van der Waals surface area contributed by atoms with Gasteiger partial charge in [0.15, 0.2) is 0 Å². The second-order valence-corrected chi connectivity index (χ2v) is 7.60. The fourth-order valence-corrected chi connectivity index (χ4v) is 3.09. The third-order valence-corrected chi connectivity index (χ3v) is 4.85. The maximum atomic E-state index is 12.2. The van der Waals surface area contributed by atoms with Gasteiger partial charge in [-0.25, -0.2) is 4.79 Å². The van der Waals surface area contributed by atoms with Crippen molar-refractivity contribution in [1.82, 2.24) is 5.32 Å². The molecular weight excluding hydrogens is 410 g/mol. The summed E-state index contributed by atoms with van der Waals surface area (Å²) < 4.78 is 16.4. The first kappa shape index (κ1) is 23.1. The number of hydrogen-bond acceptors (Lipinski definition) is 6. The molecule has 0 atom stereocenters. The molecule has 1 aromatic heterocycles. The van der Waals surface area contributed by atoms with E-state index >= 15 is 0 Å². The third kappa shape index (κ3) is 5.97. The fraction of sp³-hybridized carbons (Fsp3) is 0.320. The summed E-state index contributed by atoms with van der Waals surface area (Å²) in [5.41, 5.74) is 1.60. The summed E-state index contributed by atoms with van der Waals surface area (Å²) in [5.74, 6) is 0.197. The molecule has 0 aliphatic heterocycles. The zero-order valence-electron chi connectivity index (χ0n) is 18.5. The van der Waals surface area contributed by atoms with Gasteiger partial charge in [-0.15, -0.1) is 0 Å². The van der Waals surface area contributed by atoms with E-state index in [4.69, 9.17) is 13.9 Å². The number of hydrogen-bond donors (Lipinski definition) is 1. The second kappa shape index (κ2) is 10.6. The first-order valence-corrected chi connectivity index (χ1v) is 10.6. The van der Waals surface area contributed by atoms with Crippen molar-refractivity contribution in [2.45, 2.75) is 40.0 Å². The van der Waals surface area contributed by atoms with Gasteiger partial charge in [0.25, 0.3) is 5.91 Å². The molecule has 2 aromatic carbocycles. The van der Waals surface area contributed by atoms with Gasteiger partial charge in [-0.3, -0.25) is 9.59 Å². The van der Waals surface area contributed by atoms with Crippen molar-refractivity contribution < 1.29 is 23.5 Å². The number of amides is 1. The van der Waals surface area contributed by atoms with Crippen LogP contribution in [0.4, 0.5) is 0 Å². The third-order valence-electron chi connectivity index (χ3n) is 4.85. The van der Waals surface area contributed by atoms with Crippen molar-refractivity contribution in [2.75, 3.05) is 13.2 Å². The van der Waals surface area contributed by atoms with Gasteiger partial charge in [-0.05, 0) is 62.1 Å². The van der Waals surface area contributed by atoms with Gasteiger partial charge in [0.2, 0.25) is 0 Å². The summed E-state index contributed by atoms with van der Waals surface area (Å²) in [6.45, 7) is 6.76. The zero-order valence-corrected chi connectivity index (χ0v) is 18.5. The summed E-state index contributed by atoms with van der Waals surface area (Å²) in [6.07, 6.45) is 1.45. The summed E-state index contributed by atoms with van der Waals surface area (Å²) in [5, 5.41) is 3.22. The van der Waals surface area contributed by atoms with Crippen LogP contribution in [0.1, 0.15) is 47.7 Å². The monoisotopic (exact) mass is 437 g/mol. The van der Waals surface area contributed by atoms with Crippen LogP contribution in [0.25, 0.3) is 11.0 Å². The Labute approximate surface area is 186 Å².